The number of nitrogens with zero attached hydrogens (tertiary/aromatic N) is 1. The van der Waals surface area contributed by atoms with Crippen molar-refractivity contribution < 1.29 is 23.5 Å². The minimum atomic E-state index is -0.360. The summed E-state index contributed by atoms with van der Waals surface area (Å²) < 4.78 is 23.5. The van der Waals surface area contributed by atoms with Crippen LogP contribution in [0.5, 0.6) is 5.75 Å². The van der Waals surface area contributed by atoms with Crippen molar-refractivity contribution in [2.24, 2.45) is 0 Å². The summed E-state index contributed by atoms with van der Waals surface area (Å²) in [5, 5.41) is 4.81. The Balaban J connectivity index is 1.58. The molecule has 0 fully saturated rings. The van der Waals surface area contributed by atoms with Crippen LogP contribution >= 0.6 is 11.3 Å². The summed E-state index contributed by atoms with van der Waals surface area (Å²) in [4.78, 5) is 28.2. The highest BCUT2D eigenvalue weighted by Crippen LogP contribution is 2.20. The molecule has 0 aliphatic carbocycles. The molecule has 0 aliphatic heterocycles. The van der Waals surface area contributed by atoms with E-state index in [2.05, 4.69) is 10.3 Å². The molecule has 0 unspecified atom stereocenters. The number of anilines is 1. The number of ether oxygens (including phenoxy) is 2. The number of carbonyl (C=O) groups is 2. The number of benzene rings is 2. The van der Waals surface area contributed by atoms with Gasteiger partial charge in [0.15, 0.2) is 5.13 Å². The molecule has 1 amide bonds. The lowest BCUT2D eigenvalue weighted by Gasteiger charge is -2.08. The SMILES string of the molecule is CCOC(=O)Cc1csc(NC(=O)c2cccc(OCc3ccc(F)cc3)c2)n1. The normalized spacial score (nSPS) is 10.4. The predicted molar refractivity (Wildman–Crippen MR) is 108 cm³/mol. The third-order valence-electron chi connectivity index (χ3n) is 3.82. The van der Waals surface area contributed by atoms with Gasteiger partial charge in [-0.05, 0) is 42.8 Å². The molecule has 150 valence electrons. The first-order chi connectivity index (χ1) is 14.0. The highest BCUT2D eigenvalue weighted by Gasteiger charge is 2.12. The van der Waals surface area contributed by atoms with Gasteiger partial charge in [-0.1, -0.05) is 18.2 Å². The first-order valence-corrected chi connectivity index (χ1v) is 9.80. The molecular formula is C21H19FN2O4S. The van der Waals surface area contributed by atoms with Gasteiger partial charge in [-0.2, -0.15) is 0 Å². The Morgan fingerprint density at radius 2 is 1.97 bits per heavy atom. The number of amides is 1. The summed E-state index contributed by atoms with van der Waals surface area (Å²) in [6.07, 6.45) is 0.0624. The minimum absolute atomic E-state index is 0.0624. The molecule has 8 heteroatoms. The molecule has 2 aromatic carbocycles. The van der Waals surface area contributed by atoms with E-state index in [0.717, 1.165) is 5.56 Å². The Morgan fingerprint density at radius 1 is 1.17 bits per heavy atom. The van der Waals surface area contributed by atoms with Crippen LogP contribution < -0.4 is 10.1 Å². The molecule has 0 bridgehead atoms. The fourth-order valence-electron chi connectivity index (χ4n) is 2.45. The zero-order chi connectivity index (χ0) is 20.6. The summed E-state index contributed by atoms with van der Waals surface area (Å²) in [6, 6.07) is 12.7. The van der Waals surface area contributed by atoms with Crippen LogP contribution in [0.25, 0.3) is 0 Å². The number of rotatable bonds is 8. The molecule has 29 heavy (non-hydrogen) atoms. The summed E-state index contributed by atoms with van der Waals surface area (Å²) in [6.45, 7) is 2.31. The van der Waals surface area contributed by atoms with Crippen molar-refractivity contribution >= 4 is 28.3 Å². The Labute approximate surface area is 171 Å². The number of halogens is 1. The smallest absolute Gasteiger partial charge is 0.311 e. The number of nitrogens with one attached hydrogen (secondary N) is 1. The van der Waals surface area contributed by atoms with Crippen molar-refractivity contribution in [1.82, 2.24) is 4.98 Å². The second-order valence-corrected chi connectivity index (χ2v) is 6.88. The van der Waals surface area contributed by atoms with Crippen LogP contribution in [0.2, 0.25) is 0 Å². The largest absolute Gasteiger partial charge is 0.489 e. The highest BCUT2D eigenvalue weighted by atomic mass is 32.1. The fourth-order valence-corrected chi connectivity index (χ4v) is 3.15. The number of hydrogen-bond acceptors (Lipinski definition) is 6. The van der Waals surface area contributed by atoms with Gasteiger partial charge in [0.1, 0.15) is 18.2 Å². The van der Waals surface area contributed by atoms with Gasteiger partial charge in [-0.15, -0.1) is 11.3 Å². The van der Waals surface area contributed by atoms with Crippen LogP contribution in [-0.4, -0.2) is 23.5 Å². The van der Waals surface area contributed by atoms with Crippen molar-refractivity contribution in [3.8, 4) is 5.75 Å². The Hall–Kier alpha value is -3.26. The minimum Gasteiger partial charge on any atom is -0.489 e. The fraction of sp³-hybridized carbons (Fsp3) is 0.190. The molecule has 3 aromatic rings. The number of carbonyl (C=O) groups excluding carboxylic acids is 2. The molecule has 1 heterocycles. The molecule has 1 aromatic heterocycles. The lowest BCUT2D eigenvalue weighted by atomic mass is 10.2. The Kier molecular flexibility index (Phi) is 6.91. The lowest BCUT2D eigenvalue weighted by Crippen LogP contribution is -2.12. The summed E-state index contributed by atoms with van der Waals surface area (Å²) in [5.74, 6) is -0.486. The number of thiazole rings is 1. The Bertz CT molecular complexity index is 988. The Morgan fingerprint density at radius 3 is 2.72 bits per heavy atom. The van der Waals surface area contributed by atoms with Crippen LogP contribution in [0.1, 0.15) is 28.5 Å². The van der Waals surface area contributed by atoms with Crippen molar-refractivity contribution in [3.05, 3.63) is 76.5 Å². The van der Waals surface area contributed by atoms with Crippen LogP contribution in [0, 0.1) is 5.82 Å². The zero-order valence-corrected chi connectivity index (χ0v) is 16.5. The third kappa shape index (κ3) is 6.11. The average molecular weight is 414 g/mol. The number of esters is 1. The molecule has 0 spiro atoms. The zero-order valence-electron chi connectivity index (χ0n) is 15.7. The third-order valence-corrected chi connectivity index (χ3v) is 4.62. The first-order valence-electron chi connectivity index (χ1n) is 8.92. The average Bonchev–Trinajstić information content (AvgIpc) is 3.14. The van der Waals surface area contributed by atoms with E-state index in [4.69, 9.17) is 9.47 Å². The maximum Gasteiger partial charge on any atom is 0.311 e. The van der Waals surface area contributed by atoms with Crippen molar-refractivity contribution in [2.75, 3.05) is 11.9 Å². The summed E-state index contributed by atoms with van der Waals surface area (Å²) >= 11 is 1.23. The predicted octanol–water partition coefficient (Wildman–Crippen LogP) is 4.22. The first kappa shape index (κ1) is 20.5. The quantitative estimate of drug-likeness (QED) is 0.559. The van der Waals surface area contributed by atoms with Gasteiger partial charge in [-0.3, -0.25) is 14.9 Å². The maximum atomic E-state index is 13.0. The van der Waals surface area contributed by atoms with Crippen molar-refractivity contribution in [2.45, 2.75) is 20.0 Å². The standard InChI is InChI=1S/C21H19FN2O4S/c1-2-27-19(25)11-17-13-29-21(23-17)24-20(26)15-4-3-5-18(10-15)28-12-14-6-8-16(22)9-7-14/h3-10,13H,2,11-12H2,1H3,(H,23,24,26). The lowest BCUT2D eigenvalue weighted by molar-refractivity contribution is -0.142. The van der Waals surface area contributed by atoms with Crippen LogP contribution in [0.4, 0.5) is 9.52 Å². The maximum absolute atomic E-state index is 13.0. The van der Waals surface area contributed by atoms with Gasteiger partial charge in [0.25, 0.3) is 5.91 Å². The van der Waals surface area contributed by atoms with Gasteiger partial charge in [0.2, 0.25) is 0 Å². The second-order valence-electron chi connectivity index (χ2n) is 6.02. The molecule has 0 saturated heterocycles. The van der Waals surface area contributed by atoms with E-state index in [9.17, 15) is 14.0 Å². The van der Waals surface area contributed by atoms with Gasteiger partial charge < -0.3 is 9.47 Å². The van der Waals surface area contributed by atoms with E-state index < -0.39 is 0 Å². The van der Waals surface area contributed by atoms with Gasteiger partial charge in [0.05, 0.1) is 18.7 Å². The molecule has 1 N–H and O–H groups in total. The second kappa shape index (κ2) is 9.79. The van der Waals surface area contributed by atoms with E-state index in [0.29, 0.717) is 28.7 Å². The molecule has 0 radical (unpaired) electrons. The van der Waals surface area contributed by atoms with Gasteiger partial charge in [-0.25, -0.2) is 9.37 Å². The molecule has 3 rings (SSSR count). The van der Waals surface area contributed by atoms with E-state index in [-0.39, 0.29) is 30.7 Å². The van der Waals surface area contributed by atoms with Gasteiger partial charge >= 0.3 is 5.97 Å². The molecule has 0 saturated carbocycles. The van der Waals surface area contributed by atoms with E-state index in [1.54, 1.807) is 48.7 Å². The summed E-state index contributed by atoms with van der Waals surface area (Å²) in [7, 11) is 0. The number of aromatic nitrogens is 1. The van der Waals surface area contributed by atoms with Gasteiger partial charge in [0, 0.05) is 10.9 Å². The topological polar surface area (TPSA) is 77.5 Å². The number of hydrogen-bond donors (Lipinski definition) is 1. The van der Waals surface area contributed by atoms with E-state index in [1.807, 2.05) is 0 Å². The summed E-state index contributed by atoms with van der Waals surface area (Å²) in [5.41, 5.74) is 1.77. The van der Waals surface area contributed by atoms with E-state index in [1.165, 1.54) is 23.5 Å². The molecule has 6 nitrogen and oxygen atoms in total. The van der Waals surface area contributed by atoms with Crippen molar-refractivity contribution in [3.63, 3.8) is 0 Å². The van der Waals surface area contributed by atoms with Crippen LogP contribution in [0.15, 0.2) is 53.9 Å². The molecular weight excluding hydrogens is 395 g/mol. The molecule has 0 aliphatic rings. The van der Waals surface area contributed by atoms with E-state index >= 15 is 0 Å². The monoisotopic (exact) mass is 414 g/mol. The molecule has 0 atom stereocenters. The van der Waals surface area contributed by atoms with Crippen LogP contribution in [0.3, 0.4) is 0 Å². The van der Waals surface area contributed by atoms with Crippen molar-refractivity contribution in [1.29, 1.82) is 0 Å². The van der Waals surface area contributed by atoms with Crippen LogP contribution in [-0.2, 0) is 22.6 Å². The highest BCUT2D eigenvalue weighted by molar-refractivity contribution is 7.14.